The Bertz CT molecular complexity index is 477. The van der Waals surface area contributed by atoms with Gasteiger partial charge in [-0.1, -0.05) is 42.1 Å². The van der Waals surface area contributed by atoms with E-state index in [1.807, 2.05) is 11.0 Å². The normalized spacial score (nSPS) is 16.6. The first-order valence-electron chi connectivity index (χ1n) is 6.59. The van der Waals surface area contributed by atoms with Gasteiger partial charge in [0.05, 0.1) is 10.0 Å². The first-order valence-corrected chi connectivity index (χ1v) is 7.34. The van der Waals surface area contributed by atoms with Crippen molar-refractivity contribution in [3.63, 3.8) is 0 Å². The Morgan fingerprint density at radius 1 is 1.05 bits per heavy atom. The van der Waals surface area contributed by atoms with Gasteiger partial charge in [0.25, 0.3) is 0 Å². The van der Waals surface area contributed by atoms with Crippen molar-refractivity contribution in [2.45, 2.75) is 25.7 Å². The summed E-state index contributed by atoms with van der Waals surface area (Å²) in [4.78, 5) is 14.0. The third kappa shape index (κ3) is 4.26. The Hall–Kier alpha value is -0.990. The number of benzene rings is 1. The minimum Gasteiger partial charge on any atom is -0.339 e. The molecule has 2 nitrogen and oxygen atoms in total. The zero-order valence-corrected chi connectivity index (χ0v) is 12.3. The molecule has 0 atom stereocenters. The lowest BCUT2D eigenvalue weighted by Gasteiger charge is -2.17. The molecule has 0 unspecified atom stereocenters. The lowest BCUT2D eigenvalue weighted by atomic mass is 10.2. The van der Waals surface area contributed by atoms with Crippen LogP contribution in [0.3, 0.4) is 0 Å². The fourth-order valence-electron chi connectivity index (χ4n) is 2.18. The second-order valence-corrected chi connectivity index (χ2v) is 5.56. The molecule has 0 spiro atoms. The van der Waals surface area contributed by atoms with E-state index in [4.69, 9.17) is 23.2 Å². The number of amides is 1. The van der Waals surface area contributed by atoms with Crippen LogP contribution in [0.25, 0.3) is 6.08 Å². The highest BCUT2D eigenvalue weighted by Gasteiger charge is 2.12. The molecule has 1 aliphatic heterocycles. The first kappa shape index (κ1) is 14.4. The third-order valence-corrected chi connectivity index (χ3v) is 4.02. The van der Waals surface area contributed by atoms with Crippen molar-refractivity contribution in [2.24, 2.45) is 0 Å². The van der Waals surface area contributed by atoms with E-state index in [-0.39, 0.29) is 5.91 Å². The van der Waals surface area contributed by atoms with Gasteiger partial charge in [-0.2, -0.15) is 0 Å². The van der Waals surface area contributed by atoms with Crippen LogP contribution < -0.4 is 0 Å². The van der Waals surface area contributed by atoms with Gasteiger partial charge in [0, 0.05) is 19.2 Å². The molecule has 1 heterocycles. The van der Waals surface area contributed by atoms with Gasteiger partial charge in [-0.05, 0) is 36.6 Å². The molecule has 1 fully saturated rings. The number of carbonyl (C=O) groups is 1. The molecule has 0 aliphatic carbocycles. The zero-order chi connectivity index (χ0) is 13.7. The molecule has 19 heavy (non-hydrogen) atoms. The second kappa shape index (κ2) is 6.97. The summed E-state index contributed by atoms with van der Waals surface area (Å²) in [5.74, 6) is 0.0768. The van der Waals surface area contributed by atoms with Gasteiger partial charge < -0.3 is 4.90 Å². The molecular weight excluding hydrogens is 281 g/mol. The summed E-state index contributed by atoms with van der Waals surface area (Å²) in [7, 11) is 0. The molecule has 0 aromatic heterocycles. The largest absolute Gasteiger partial charge is 0.339 e. The van der Waals surface area contributed by atoms with E-state index in [9.17, 15) is 4.79 Å². The fourth-order valence-corrected chi connectivity index (χ4v) is 2.49. The lowest BCUT2D eigenvalue weighted by Crippen LogP contribution is -2.30. The van der Waals surface area contributed by atoms with E-state index in [2.05, 4.69) is 0 Å². The smallest absolute Gasteiger partial charge is 0.246 e. The number of rotatable bonds is 2. The quantitative estimate of drug-likeness (QED) is 0.741. The van der Waals surface area contributed by atoms with Crippen LogP contribution in [0.2, 0.25) is 10.0 Å². The Morgan fingerprint density at radius 2 is 1.74 bits per heavy atom. The summed E-state index contributed by atoms with van der Waals surface area (Å²) in [5.41, 5.74) is 0.887. The average molecular weight is 298 g/mol. The van der Waals surface area contributed by atoms with Crippen LogP contribution in [0.5, 0.6) is 0 Å². The Balaban J connectivity index is 2.00. The maximum absolute atomic E-state index is 12.1. The Labute approximate surface area is 124 Å². The van der Waals surface area contributed by atoms with Crippen LogP contribution in [0.15, 0.2) is 24.3 Å². The Morgan fingerprint density at radius 3 is 2.37 bits per heavy atom. The van der Waals surface area contributed by atoms with Gasteiger partial charge >= 0.3 is 0 Å². The molecule has 2 rings (SSSR count). The summed E-state index contributed by atoms with van der Waals surface area (Å²) in [6.45, 7) is 1.73. The van der Waals surface area contributed by atoms with Gasteiger partial charge in [0.15, 0.2) is 0 Å². The number of carbonyl (C=O) groups excluding carboxylic acids is 1. The van der Waals surface area contributed by atoms with Crippen LogP contribution in [0, 0.1) is 0 Å². The summed E-state index contributed by atoms with van der Waals surface area (Å²) >= 11 is 11.8. The van der Waals surface area contributed by atoms with E-state index in [0.717, 1.165) is 31.5 Å². The molecule has 1 aromatic rings. The van der Waals surface area contributed by atoms with Gasteiger partial charge in [0.1, 0.15) is 0 Å². The predicted octanol–water partition coefficient (Wildman–Crippen LogP) is 4.41. The van der Waals surface area contributed by atoms with Crippen LogP contribution in [-0.4, -0.2) is 23.9 Å². The number of nitrogens with zero attached hydrogens (tertiary/aromatic N) is 1. The maximum atomic E-state index is 12.1. The van der Waals surface area contributed by atoms with Gasteiger partial charge in [-0.15, -0.1) is 0 Å². The van der Waals surface area contributed by atoms with Crippen molar-refractivity contribution in [2.75, 3.05) is 13.1 Å². The van der Waals surface area contributed by atoms with Crippen molar-refractivity contribution in [1.29, 1.82) is 0 Å². The molecule has 0 N–H and O–H groups in total. The van der Waals surface area contributed by atoms with Crippen molar-refractivity contribution in [1.82, 2.24) is 4.90 Å². The Kier molecular flexibility index (Phi) is 5.29. The van der Waals surface area contributed by atoms with Crippen LogP contribution >= 0.6 is 23.2 Å². The second-order valence-electron chi connectivity index (χ2n) is 4.75. The summed E-state index contributed by atoms with van der Waals surface area (Å²) in [6.07, 6.45) is 8.06. The number of hydrogen-bond acceptors (Lipinski definition) is 1. The van der Waals surface area contributed by atoms with Crippen LogP contribution in [-0.2, 0) is 4.79 Å². The fraction of sp³-hybridized carbons (Fsp3) is 0.400. The first-order chi connectivity index (χ1) is 9.16. The highest BCUT2D eigenvalue weighted by atomic mass is 35.5. The lowest BCUT2D eigenvalue weighted by molar-refractivity contribution is -0.125. The minimum absolute atomic E-state index is 0.0768. The molecule has 102 valence electrons. The number of halogens is 2. The van der Waals surface area contributed by atoms with E-state index < -0.39 is 0 Å². The van der Waals surface area contributed by atoms with Crippen molar-refractivity contribution < 1.29 is 4.79 Å². The number of hydrogen-bond donors (Lipinski definition) is 0. The summed E-state index contributed by atoms with van der Waals surface area (Å²) in [6, 6.07) is 5.34. The van der Waals surface area contributed by atoms with Crippen LogP contribution in [0.4, 0.5) is 0 Å². The van der Waals surface area contributed by atoms with Crippen LogP contribution in [0.1, 0.15) is 31.2 Å². The molecule has 1 aromatic carbocycles. The summed E-state index contributed by atoms with van der Waals surface area (Å²) in [5, 5.41) is 1.03. The van der Waals surface area contributed by atoms with Crippen molar-refractivity contribution >= 4 is 35.2 Å². The molecule has 0 radical (unpaired) electrons. The van der Waals surface area contributed by atoms with Crippen molar-refractivity contribution in [3.8, 4) is 0 Å². The minimum atomic E-state index is 0.0768. The van der Waals surface area contributed by atoms with Crippen molar-refractivity contribution in [3.05, 3.63) is 39.9 Å². The molecule has 1 aliphatic rings. The van der Waals surface area contributed by atoms with E-state index in [1.165, 1.54) is 12.8 Å². The molecule has 0 saturated carbocycles. The maximum Gasteiger partial charge on any atom is 0.246 e. The summed E-state index contributed by atoms with van der Waals surface area (Å²) < 4.78 is 0. The zero-order valence-electron chi connectivity index (χ0n) is 10.7. The molecule has 0 bridgehead atoms. The topological polar surface area (TPSA) is 20.3 Å². The molecule has 4 heteroatoms. The SMILES string of the molecule is O=C(/C=C\c1ccc(Cl)c(Cl)c1)N1CCCCCC1. The highest BCUT2D eigenvalue weighted by Crippen LogP contribution is 2.23. The third-order valence-electron chi connectivity index (χ3n) is 3.28. The molecule has 1 amide bonds. The number of likely N-dealkylation sites (tertiary alicyclic amines) is 1. The predicted molar refractivity (Wildman–Crippen MR) is 80.5 cm³/mol. The standard InChI is InChI=1S/C15H17Cl2NO/c16-13-7-5-12(11-14(13)17)6-8-15(19)18-9-3-1-2-4-10-18/h5-8,11H,1-4,9-10H2/b8-6-. The van der Waals surface area contributed by atoms with E-state index in [0.29, 0.717) is 10.0 Å². The van der Waals surface area contributed by atoms with E-state index in [1.54, 1.807) is 24.3 Å². The molecule has 1 saturated heterocycles. The van der Waals surface area contributed by atoms with Gasteiger partial charge in [-0.3, -0.25) is 4.79 Å². The monoisotopic (exact) mass is 297 g/mol. The average Bonchev–Trinajstić information content (AvgIpc) is 2.69. The highest BCUT2D eigenvalue weighted by molar-refractivity contribution is 6.42. The van der Waals surface area contributed by atoms with Gasteiger partial charge in [0.2, 0.25) is 5.91 Å². The van der Waals surface area contributed by atoms with Gasteiger partial charge in [-0.25, -0.2) is 0 Å². The van der Waals surface area contributed by atoms with E-state index >= 15 is 0 Å². The molecular formula is C15H17Cl2NO.